The van der Waals surface area contributed by atoms with Crippen LogP contribution in [0.1, 0.15) is 37.7 Å². The molecule has 0 bridgehead atoms. The van der Waals surface area contributed by atoms with Gasteiger partial charge in [0.05, 0.1) is 16.5 Å². The van der Waals surface area contributed by atoms with E-state index < -0.39 is 22.9 Å². The Hall–Kier alpha value is -2.86. The van der Waals surface area contributed by atoms with Gasteiger partial charge < -0.3 is 15.1 Å². The Labute approximate surface area is 196 Å². The van der Waals surface area contributed by atoms with Crippen molar-refractivity contribution in [1.29, 1.82) is 5.26 Å². The van der Waals surface area contributed by atoms with Crippen molar-refractivity contribution in [2.75, 3.05) is 32.1 Å². The third-order valence-electron chi connectivity index (χ3n) is 8.26. The number of hydrogen-bond donors (Lipinski definition) is 1. The molecule has 2 aromatic rings. The molecule has 6 nitrogen and oxygen atoms in total. The molecule has 2 saturated carbocycles. The number of nitriles is 1. The van der Waals surface area contributed by atoms with Gasteiger partial charge in [0.15, 0.2) is 0 Å². The van der Waals surface area contributed by atoms with Crippen LogP contribution in [0.2, 0.25) is 0 Å². The first-order valence-corrected chi connectivity index (χ1v) is 11.7. The number of aromatic nitrogens is 1. The monoisotopic (exact) mass is 471 g/mol. The zero-order valence-corrected chi connectivity index (χ0v) is 19.3. The lowest BCUT2D eigenvalue weighted by atomic mass is 9.89. The first kappa shape index (κ1) is 22.9. The lowest BCUT2D eigenvalue weighted by molar-refractivity contribution is -0.191. The number of anilines is 1. The number of nitrogens with zero attached hydrogens (tertiary/aromatic N) is 4. The maximum atomic E-state index is 14.4. The summed E-state index contributed by atoms with van der Waals surface area (Å²) in [6, 6.07) is 9.18. The average molecular weight is 472 g/mol. The molecule has 180 valence electrons. The zero-order chi connectivity index (χ0) is 24.3. The number of carbonyl (C=O) groups excluding carboxylic acids is 1. The second kappa shape index (κ2) is 7.84. The van der Waals surface area contributed by atoms with Crippen molar-refractivity contribution in [3.63, 3.8) is 0 Å². The van der Waals surface area contributed by atoms with Gasteiger partial charge in [0.1, 0.15) is 11.5 Å². The number of rotatable bonds is 4. The molecule has 0 spiro atoms. The average Bonchev–Trinajstić information content (AvgIpc) is 3.36. The standard InChI is InChI=1S/C25H28F3N5O/c1-32(2)18-8-6-17(7-9-18)31-22(34)23-13-24(23,25(26,27)28)15-33(14-23)20-10-5-16(12-29)21-19(20)4-3-11-30-21/h3-5,10-11,17-18H,6-9,13-15H2,1-2H3,(H,31,34)/t17?,18?,23-,24-/m0/s1. The fraction of sp³-hybridized carbons (Fsp3) is 0.560. The smallest absolute Gasteiger partial charge is 0.369 e. The molecule has 3 aliphatic rings. The van der Waals surface area contributed by atoms with Crippen molar-refractivity contribution in [2.24, 2.45) is 10.8 Å². The first-order chi connectivity index (χ1) is 16.1. The van der Waals surface area contributed by atoms with E-state index in [1.54, 1.807) is 35.4 Å². The molecule has 2 atom stereocenters. The molecule has 1 saturated heterocycles. The van der Waals surface area contributed by atoms with Crippen LogP contribution in [-0.2, 0) is 4.79 Å². The summed E-state index contributed by atoms with van der Waals surface area (Å²) in [6.07, 6.45) is 0.301. The van der Waals surface area contributed by atoms with Crippen molar-refractivity contribution in [3.8, 4) is 6.07 Å². The maximum absolute atomic E-state index is 14.4. The minimum atomic E-state index is -4.48. The summed E-state index contributed by atoms with van der Waals surface area (Å²) in [5, 5.41) is 13.0. The fourth-order valence-electron chi connectivity index (χ4n) is 6.18. The molecule has 1 aromatic carbocycles. The Morgan fingerprint density at radius 3 is 2.59 bits per heavy atom. The molecule has 2 heterocycles. The Kier molecular flexibility index (Phi) is 5.28. The summed E-state index contributed by atoms with van der Waals surface area (Å²) in [5.74, 6) is -0.475. The van der Waals surface area contributed by atoms with Crippen molar-refractivity contribution < 1.29 is 18.0 Å². The predicted octanol–water partition coefficient (Wildman–Crippen LogP) is 3.85. The Morgan fingerprint density at radius 1 is 1.21 bits per heavy atom. The third-order valence-corrected chi connectivity index (χ3v) is 8.26. The van der Waals surface area contributed by atoms with Gasteiger partial charge in [-0.3, -0.25) is 9.78 Å². The Bertz CT molecular complexity index is 1170. The van der Waals surface area contributed by atoms with E-state index in [1.807, 2.05) is 14.1 Å². The van der Waals surface area contributed by atoms with Crippen LogP contribution in [0.25, 0.3) is 10.9 Å². The van der Waals surface area contributed by atoms with Gasteiger partial charge in [0.25, 0.3) is 0 Å². The van der Waals surface area contributed by atoms with Crippen LogP contribution in [0.15, 0.2) is 30.5 Å². The molecule has 0 unspecified atom stereocenters. The topological polar surface area (TPSA) is 72.3 Å². The molecule has 9 heteroatoms. The quantitative estimate of drug-likeness (QED) is 0.733. The largest absolute Gasteiger partial charge is 0.397 e. The summed E-state index contributed by atoms with van der Waals surface area (Å²) >= 11 is 0. The molecule has 34 heavy (non-hydrogen) atoms. The minimum absolute atomic E-state index is 0.00127. The van der Waals surface area contributed by atoms with E-state index in [9.17, 15) is 23.2 Å². The number of pyridine rings is 1. The Balaban J connectivity index is 1.42. The highest BCUT2D eigenvalue weighted by molar-refractivity contribution is 5.97. The van der Waals surface area contributed by atoms with Crippen LogP contribution < -0.4 is 10.2 Å². The Morgan fingerprint density at radius 2 is 1.94 bits per heavy atom. The van der Waals surface area contributed by atoms with E-state index in [-0.39, 0.29) is 25.6 Å². The van der Waals surface area contributed by atoms with Crippen LogP contribution in [0, 0.1) is 22.2 Å². The fourth-order valence-corrected chi connectivity index (χ4v) is 6.18. The molecule has 3 fully saturated rings. The molecular weight excluding hydrogens is 443 g/mol. The van der Waals surface area contributed by atoms with E-state index in [2.05, 4.69) is 21.3 Å². The number of fused-ring (bicyclic) bond motifs is 2. The first-order valence-electron chi connectivity index (χ1n) is 11.7. The molecular formula is C25H28F3N5O. The van der Waals surface area contributed by atoms with E-state index in [4.69, 9.17) is 0 Å². The second-order valence-electron chi connectivity index (χ2n) is 10.3. The highest BCUT2D eigenvalue weighted by atomic mass is 19.4. The van der Waals surface area contributed by atoms with E-state index in [1.165, 1.54) is 0 Å². The number of carbonyl (C=O) groups is 1. The lowest BCUT2D eigenvalue weighted by Gasteiger charge is -2.34. The van der Waals surface area contributed by atoms with Gasteiger partial charge in [-0.05, 0) is 70.5 Å². The van der Waals surface area contributed by atoms with Crippen molar-refractivity contribution in [1.82, 2.24) is 15.2 Å². The maximum Gasteiger partial charge on any atom is 0.397 e. The number of benzene rings is 1. The lowest BCUT2D eigenvalue weighted by Crippen LogP contribution is -2.47. The van der Waals surface area contributed by atoms with Crippen LogP contribution >= 0.6 is 0 Å². The number of halogens is 3. The number of piperidine rings is 1. The number of nitrogens with one attached hydrogen (secondary N) is 1. The van der Waals surface area contributed by atoms with E-state index in [0.717, 1.165) is 25.7 Å². The predicted molar refractivity (Wildman–Crippen MR) is 122 cm³/mol. The number of alkyl halides is 3. The molecule has 1 aliphatic heterocycles. The molecule has 1 aromatic heterocycles. The summed E-state index contributed by atoms with van der Waals surface area (Å²) in [4.78, 5) is 21.5. The van der Waals surface area contributed by atoms with Gasteiger partial charge in [-0.1, -0.05) is 0 Å². The molecule has 1 amide bonds. The van der Waals surface area contributed by atoms with E-state index in [0.29, 0.717) is 28.2 Å². The van der Waals surface area contributed by atoms with Gasteiger partial charge in [-0.25, -0.2) is 0 Å². The van der Waals surface area contributed by atoms with Gasteiger partial charge >= 0.3 is 6.18 Å². The minimum Gasteiger partial charge on any atom is -0.369 e. The normalized spacial score (nSPS) is 30.8. The van der Waals surface area contributed by atoms with Gasteiger partial charge in [0.2, 0.25) is 5.91 Å². The van der Waals surface area contributed by atoms with Crippen LogP contribution in [0.3, 0.4) is 0 Å². The van der Waals surface area contributed by atoms with Crippen molar-refractivity contribution in [2.45, 2.75) is 50.4 Å². The number of hydrogen-bond acceptors (Lipinski definition) is 5. The molecule has 2 aliphatic carbocycles. The summed E-state index contributed by atoms with van der Waals surface area (Å²) < 4.78 is 43.1. The SMILES string of the molecule is CN(C)C1CCC(NC(=O)[C@]23CN(c4ccc(C#N)c5ncccc45)C[C@@]2(C(F)(F)F)C3)CC1. The highest BCUT2D eigenvalue weighted by Gasteiger charge is 2.86. The summed E-state index contributed by atoms with van der Waals surface area (Å²) in [7, 11) is 4.06. The molecule has 1 N–H and O–H groups in total. The van der Waals surface area contributed by atoms with Crippen molar-refractivity contribution >= 4 is 22.5 Å². The van der Waals surface area contributed by atoms with Gasteiger partial charge in [0, 0.05) is 42.4 Å². The zero-order valence-electron chi connectivity index (χ0n) is 19.3. The third kappa shape index (κ3) is 3.34. The van der Waals surface area contributed by atoms with E-state index >= 15 is 0 Å². The molecule has 5 rings (SSSR count). The van der Waals surface area contributed by atoms with Crippen LogP contribution in [0.4, 0.5) is 18.9 Å². The van der Waals surface area contributed by atoms with Crippen LogP contribution in [0.5, 0.6) is 0 Å². The summed E-state index contributed by atoms with van der Waals surface area (Å²) in [5.41, 5.74) is -2.12. The van der Waals surface area contributed by atoms with Crippen LogP contribution in [-0.4, -0.2) is 61.2 Å². The van der Waals surface area contributed by atoms with Gasteiger partial charge in [-0.15, -0.1) is 0 Å². The highest BCUT2D eigenvalue weighted by Crippen LogP contribution is 2.75. The van der Waals surface area contributed by atoms with Gasteiger partial charge in [-0.2, -0.15) is 18.4 Å². The molecule has 0 radical (unpaired) electrons. The number of amides is 1. The second-order valence-corrected chi connectivity index (χ2v) is 10.3. The van der Waals surface area contributed by atoms with Crippen molar-refractivity contribution in [3.05, 3.63) is 36.0 Å². The summed E-state index contributed by atoms with van der Waals surface area (Å²) in [6.45, 7) is -0.269.